The number of benzene rings is 2. The van der Waals surface area contributed by atoms with Crippen molar-refractivity contribution in [1.29, 1.82) is 0 Å². The molecule has 1 amide bonds. The van der Waals surface area contributed by atoms with Gasteiger partial charge in [-0.15, -0.1) is 0 Å². The highest BCUT2D eigenvalue weighted by atomic mass is 35.5. The summed E-state index contributed by atoms with van der Waals surface area (Å²) in [4.78, 5) is 30.7. The lowest BCUT2D eigenvalue weighted by atomic mass is 10.2. The molecule has 0 atom stereocenters. The van der Waals surface area contributed by atoms with Gasteiger partial charge in [0.1, 0.15) is 0 Å². The number of H-pyrrole nitrogens is 1. The van der Waals surface area contributed by atoms with Gasteiger partial charge in [0.15, 0.2) is 5.82 Å². The quantitative estimate of drug-likeness (QED) is 0.780. The minimum absolute atomic E-state index is 0.00216. The fourth-order valence-electron chi connectivity index (χ4n) is 2.06. The predicted molar refractivity (Wildman–Crippen MR) is 85.0 cm³/mol. The number of aromatic nitrogens is 2. The lowest BCUT2D eigenvalue weighted by molar-refractivity contribution is 0.0940. The summed E-state index contributed by atoms with van der Waals surface area (Å²) in [6.45, 7) is 0.326. The number of carbonyl (C=O) groups is 1. The Balaban J connectivity index is 1.80. The molecule has 1 aromatic heterocycles. The number of fused-ring (bicyclic) bond motifs is 1. The lowest BCUT2D eigenvalue weighted by Crippen LogP contribution is -2.27. The monoisotopic (exact) mass is 313 g/mol. The number of para-hydroxylation sites is 1. The van der Waals surface area contributed by atoms with Crippen LogP contribution < -0.4 is 10.9 Å². The van der Waals surface area contributed by atoms with Crippen LogP contribution in [0.2, 0.25) is 5.02 Å². The van der Waals surface area contributed by atoms with E-state index >= 15 is 0 Å². The summed E-state index contributed by atoms with van der Waals surface area (Å²) in [5.74, 6) is -0.435. The molecule has 3 aromatic rings. The normalized spacial score (nSPS) is 10.6. The third-order valence-corrected chi connectivity index (χ3v) is 3.45. The Labute approximate surface area is 131 Å². The molecule has 0 unspecified atom stereocenters. The minimum atomic E-state index is -0.433. The molecule has 2 N–H and O–H groups in total. The van der Waals surface area contributed by atoms with Crippen LogP contribution in [0.15, 0.2) is 53.3 Å². The zero-order valence-corrected chi connectivity index (χ0v) is 12.2. The van der Waals surface area contributed by atoms with Crippen LogP contribution in [-0.2, 0) is 6.54 Å². The molecular weight excluding hydrogens is 302 g/mol. The Morgan fingerprint density at radius 3 is 2.64 bits per heavy atom. The standard InChI is InChI=1S/C16H12ClN3O2/c17-11-7-5-10(6-8-11)9-18-16(22)14-19-13-4-2-1-3-12(13)15(21)20-14/h1-8H,9H2,(H,18,22)(H,19,20,21). The first-order chi connectivity index (χ1) is 10.6. The van der Waals surface area contributed by atoms with Crippen molar-refractivity contribution in [2.24, 2.45) is 0 Å². The zero-order chi connectivity index (χ0) is 15.5. The van der Waals surface area contributed by atoms with E-state index in [0.717, 1.165) is 5.56 Å². The number of nitrogens with one attached hydrogen (secondary N) is 2. The fraction of sp³-hybridized carbons (Fsp3) is 0.0625. The van der Waals surface area contributed by atoms with E-state index in [1.165, 1.54) is 0 Å². The van der Waals surface area contributed by atoms with Crippen LogP contribution in [0.1, 0.15) is 16.2 Å². The van der Waals surface area contributed by atoms with Gasteiger partial charge in [0.2, 0.25) is 0 Å². The van der Waals surface area contributed by atoms with E-state index in [1.54, 1.807) is 36.4 Å². The highest BCUT2D eigenvalue weighted by Crippen LogP contribution is 2.09. The minimum Gasteiger partial charge on any atom is -0.345 e. The summed E-state index contributed by atoms with van der Waals surface area (Å²) in [6.07, 6.45) is 0. The van der Waals surface area contributed by atoms with Crippen LogP contribution in [0.3, 0.4) is 0 Å². The first-order valence-electron chi connectivity index (χ1n) is 6.65. The van der Waals surface area contributed by atoms with Crippen molar-refractivity contribution in [2.75, 3.05) is 0 Å². The van der Waals surface area contributed by atoms with E-state index in [4.69, 9.17) is 11.6 Å². The van der Waals surface area contributed by atoms with Crippen molar-refractivity contribution >= 4 is 28.4 Å². The van der Waals surface area contributed by atoms with E-state index in [2.05, 4.69) is 15.3 Å². The van der Waals surface area contributed by atoms with Gasteiger partial charge in [-0.2, -0.15) is 0 Å². The Kier molecular flexibility index (Phi) is 3.89. The molecule has 110 valence electrons. The second-order valence-electron chi connectivity index (χ2n) is 4.74. The third kappa shape index (κ3) is 2.99. The van der Waals surface area contributed by atoms with Gasteiger partial charge in [-0.3, -0.25) is 9.59 Å². The molecule has 6 heteroatoms. The number of halogens is 1. The fourth-order valence-corrected chi connectivity index (χ4v) is 2.19. The zero-order valence-electron chi connectivity index (χ0n) is 11.5. The Morgan fingerprint density at radius 2 is 1.86 bits per heavy atom. The van der Waals surface area contributed by atoms with Crippen molar-refractivity contribution in [3.63, 3.8) is 0 Å². The first-order valence-corrected chi connectivity index (χ1v) is 7.03. The largest absolute Gasteiger partial charge is 0.345 e. The van der Waals surface area contributed by atoms with Crippen molar-refractivity contribution in [2.45, 2.75) is 6.54 Å². The Hall–Kier alpha value is -2.66. The molecule has 5 nitrogen and oxygen atoms in total. The number of nitrogens with zero attached hydrogens (tertiary/aromatic N) is 1. The number of aromatic amines is 1. The van der Waals surface area contributed by atoms with Gasteiger partial charge in [-0.05, 0) is 29.8 Å². The first kappa shape index (κ1) is 14.3. The summed E-state index contributed by atoms with van der Waals surface area (Å²) in [5, 5.41) is 3.80. The van der Waals surface area contributed by atoms with Crippen LogP contribution in [-0.4, -0.2) is 15.9 Å². The summed E-state index contributed by atoms with van der Waals surface area (Å²) in [7, 11) is 0. The number of hydrogen-bond donors (Lipinski definition) is 2. The summed E-state index contributed by atoms with van der Waals surface area (Å²) >= 11 is 5.81. The highest BCUT2D eigenvalue weighted by Gasteiger charge is 2.10. The number of rotatable bonds is 3. The maximum Gasteiger partial charge on any atom is 0.287 e. The van der Waals surface area contributed by atoms with E-state index < -0.39 is 5.91 Å². The molecule has 0 radical (unpaired) electrons. The van der Waals surface area contributed by atoms with Gasteiger partial charge in [-0.1, -0.05) is 35.9 Å². The highest BCUT2D eigenvalue weighted by molar-refractivity contribution is 6.30. The molecular formula is C16H12ClN3O2. The van der Waals surface area contributed by atoms with Crippen molar-refractivity contribution in [3.8, 4) is 0 Å². The molecule has 0 saturated heterocycles. The molecule has 0 bridgehead atoms. The SMILES string of the molecule is O=C(NCc1ccc(Cl)cc1)c1nc2ccccc2c(=O)[nH]1. The van der Waals surface area contributed by atoms with Crippen LogP contribution in [0, 0.1) is 0 Å². The van der Waals surface area contributed by atoms with E-state index in [0.29, 0.717) is 22.5 Å². The molecule has 1 heterocycles. The second kappa shape index (κ2) is 5.99. The molecule has 0 aliphatic heterocycles. The van der Waals surface area contributed by atoms with E-state index in [1.807, 2.05) is 12.1 Å². The molecule has 0 aliphatic rings. The average Bonchev–Trinajstić information content (AvgIpc) is 2.54. The van der Waals surface area contributed by atoms with Gasteiger partial charge in [0, 0.05) is 11.6 Å². The second-order valence-corrected chi connectivity index (χ2v) is 5.18. The van der Waals surface area contributed by atoms with Gasteiger partial charge >= 0.3 is 0 Å². The molecule has 2 aromatic carbocycles. The molecule has 0 fully saturated rings. The molecule has 0 saturated carbocycles. The van der Waals surface area contributed by atoms with Crippen LogP contribution in [0.4, 0.5) is 0 Å². The van der Waals surface area contributed by atoms with Gasteiger partial charge in [-0.25, -0.2) is 4.98 Å². The van der Waals surface area contributed by atoms with Crippen LogP contribution >= 0.6 is 11.6 Å². The van der Waals surface area contributed by atoms with Gasteiger partial charge in [0.25, 0.3) is 11.5 Å². The van der Waals surface area contributed by atoms with Crippen molar-refractivity contribution in [3.05, 3.63) is 75.3 Å². The number of hydrogen-bond acceptors (Lipinski definition) is 3. The topological polar surface area (TPSA) is 74.8 Å². The summed E-state index contributed by atoms with van der Waals surface area (Å²) in [6, 6.07) is 14.0. The van der Waals surface area contributed by atoms with Crippen LogP contribution in [0.25, 0.3) is 10.9 Å². The summed E-state index contributed by atoms with van der Waals surface area (Å²) < 4.78 is 0. The van der Waals surface area contributed by atoms with E-state index in [9.17, 15) is 9.59 Å². The lowest BCUT2D eigenvalue weighted by Gasteiger charge is -2.06. The predicted octanol–water partition coefficient (Wildman–Crippen LogP) is 2.51. The molecule has 0 spiro atoms. The smallest absolute Gasteiger partial charge is 0.287 e. The van der Waals surface area contributed by atoms with Gasteiger partial charge < -0.3 is 10.3 Å². The number of amides is 1. The summed E-state index contributed by atoms with van der Waals surface area (Å²) in [5.41, 5.74) is 1.06. The molecule has 0 aliphatic carbocycles. The van der Waals surface area contributed by atoms with Gasteiger partial charge in [0.05, 0.1) is 10.9 Å². The number of carbonyl (C=O) groups excluding carboxylic acids is 1. The maximum atomic E-state index is 12.1. The van der Waals surface area contributed by atoms with E-state index in [-0.39, 0.29) is 11.4 Å². The molecule has 3 rings (SSSR count). The van der Waals surface area contributed by atoms with Crippen LogP contribution in [0.5, 0.6) is 0 Å². The average molecular weight is 314 g/mol. The Morgan fingerprint density at radius 1 is 1.14 bits per heavy atom. The maximum absolute atomic E-state index is 12.1. The van der Waals surface area contributed by atoms with Crippen molar-refractivity contribution < 1.29 is 4.79 Å². The van der Waals surface area contributed by atoms with Crippen molar-refractivity contribution in [1.82, 2.24) is 15.3 Å². The molecule has 22 heavy (non-hydrogen) atoms. The Bertz CT molecular complexity index is 888. The third-order valence-electron chi connectivity index (χ3n) is 3.19.